The monoisotopic (exact) mass is 1600 g/mol. The van der Waals surface area contributed by atoms with E-state index in [-0.39, 0.29) is 55.7 Å². The van der Waals surface area contributed by atoms with E-state index >= 15 is 0 Å². The van der Waals surface area contributed by atoms with Gasteiger partial charge in [-0.25, -0.2) is 14.6 Å². The van der Waals surface area contributed by atoms with Crippen LogP contribution in [0.15, 0.2) is 219 Å². The van der Waals surface area contributed by atoms with Gasteiger partial charge in [-0.15, -0.1) is 32.9 Å². The maximum atomic E-state index is 5.43. The van der Waals surface area contributed by atoms with E-state index in [2.05, 4.69) is 374 Å². The van der Waals surface area contributed by atoms with Gasteiger partial charge in [0.15, 0.2) is 23.3 Å². The van der Waals surface area contributed by atoms with Crippen molar-refractivity contribution in [1.29, 1.82) is 0 Å². The van der Waals surface area contributed by atoms with Gasteiger partial charge in [0.2, 0.25) is 12.5 Å². The van der Waals surface area contributed by atoms with E-state index in [0.29, 0.717) is 17.6 Å². The van der Waals surface area contributed by atoms with E-state index < -0.39 is 0 Å². The third-order valence-electron chi connectivity index (χ3n) is 18.5. The second-order valence-corrected chi connectivity index (χ2v) is 41.4. The zero-order valence-corrected chi connectivity index (χ0v) is 76.3. The number of thiazole rings is 1. The van der Waals surface area contributed by atoms with Gasteiger partial charge in [-0.1, -0.05) is 259 Å². The highest BCUT2D eigenvalue weighted by atomic mass is 32.1. The summed E-state index contributed by atoms with van der Waals surface area (Å²) in [6, 6.07) is 29.3. The molecule has 114 heavy (non-hydrogen) atoms. The molecule has 8 aromatic heterocycles. The van der Waals surface area contributed by atoms with Crippen LogP contribution in [0.25, 0.3) is 26.8 Å². The van der Waals surface area contributed by atoms with Gasteiger partial charge < -0.3 is 14.0 Å². The molecule has 610 valence electrons. The Kier molecular flexibility index (Phi) is 30.9. The minimum Gasteiger partial charge on any atom is -0.454 e. The molecular weight excluding hydrogens is 1470 g/mol. The van der Waals surface area contributed by atoms with Crippen molar-refractivity contribution in [2.75, 3.05) is 6.79 Å². The van der Waals surface area contributed by atoms with Crippen molar-refractivity contribution in [2.24, 2.45) is 26.1 Å². The number of pyridine rings is 1. The summed E-state index contributed by atoms with van der Waals surface area (Å²) in [7, 11) is 0. The molecule has 13 heterocycles. The number of aliphatic imine (C=N–C) groups is 1. The highest BCUT2D eigenvalue weighted by Crippen LogP contribution is 2.41. The molecule has 0 aliphatic carbocycles. The summed E-state index contributed by atoms with van der Waals surface area (Å²) in [5.41, 5.74) is 17.4. The predicted octanol–water partition coefficient (Wildman–Crippen LogP) is 25.3. The topological polar surface area (TPSA) is 188 Å². The number of para-hydroxylation sites is 2. The number of H-pyrrole nitrogens is 2. The zero-order chi connectivity index (χ0) is 84.5. The van der Waals surface area contributed by atoms with Crippen molar-refractivity contribution in [1.82, 2.24) is 45.1 Å². The first-order valence-corrected chi connectivity index (χ1v) is 42.0. The summed E-state index contributed by atoms with van der Waals surface area (Å²) >= 11 is 5.33. The maximum Gasteiger partial charge on any atom is 0.333 e. The van der Waals surface area contributed by atoms with Crippen LogP contribution < -0.4 is 9.47 Å². The molecule has 0 bridgehead atoms. The number of nitrogens with one attached hydrogen (secondary N) is 2. The van der Waals surface area contributed by atoms with E-state index in [1.807, 2.05) is 101 Å². The van der Waals surface area contributed by atoms with E-state index in [9.17, 15) is 0 Å². The number of hydrogen-bond acceptors (Lipinski definition) is 15. The maximum absolute atomic E-state index is 5.43. The number of amidine groups is 1. The Morgan fingerprint density at radius 2 is 1.12 bits per heavy atom. The van der Waals surface area contributed by atoms with E-state index in [4.69, 9.17) is 14.0 Å². The second kappa shape index (κ2) is 38.4. The van der Waals surface area contributed by atoms with E-state index in [0.717, 1.165) is 39.6 Å². The van der Waals surface area contributed by atoms with Crippen LogP contribution in [0.5, 0.6) is 11.5 Å². The lowest BCUT2D eigenvalue weighted by molar-refractivity contribution is -0.484. The second-order valence-electron chi connectivity index (χ2n) is 38.9. The van der Waals surface area contributed by atoms with Crippen molar-refractivity contribution in [2.45, 2.75) is 263 Å². The Morgan fingerprint density at radius 1 is 0.509 bits per heavy atom. The number of fused-ring (bicyclic) bond motifs is 6. The number of benzene rings is 3. The minimum atomic E-state index is 0.0633. The lowest BCUT2D eigenvalue weighted by Gasteiger charge is -2.20. The highest BCUT2D eigenvalue weighted by Gasteiger charge is 2.38. The molecule has 2 unspecified atom stereocenters. The number of nitrogens with zero attached hydrogens (tertiary/aromatic N) is 12. The number of thiophene rings is 2. The highest BCUT2D eigenvalue weighted by molar-refractivity contribution is 7.17. The predicted molar refractivity (Wildman–Crippen MR) is 482 cm³/mol. The molecule has 20 heteroatoms. The quantitative estimate of drug-likeness (QED) is 0.139. The lowest BCUT2D eigenvalue weighted by atomic mass is 9.86. The average Bonchev–Trinajstić information content (AvgIpc) is 1.54. The molecule has 5 aliphatic heterocycles. The number of rotatable bonds is 0. The Hall–Kier alpha value is -9.37. The van der Waals surface area contributed by atoms with Crippen LogP contribution in [0.4, 0.5) is 0 Å². The molecule has 2 atom stereocenters. The van der Waals surface area contributed by atoms with Gasteiger partial charge in [0.05, 0.1) is 62.8 Å². The summed E-state index contributed by atoms with van der Waals surface area (Å²) in [5.74, 6) is 2.82. The Morgan fingerprint density at radius 3 is 1.65 bits per heavy atom. The van der Waals surface area contributed by atoms with Crippen molar-refractivity contribution in [3.63, 3.8) is 0 Å². The number of hydrogen-bond donors (Lipinski definition) is 2. The third kappa shape index (κ3) is 26.9. The van der Waals surface area contributed by atoms with Gasteiger partial charge in [0, 0.05) is 56.9 Å². The standard InChI is InChI=1S/C11H14N2.C11H15N2.C11H13NS.C11H14O2.C10H13N3.C10H14N3.2C8H12S.C7H12N2.C7H11NO/c1-11(2,3)9-6-4-5-8-7-12-13-10(8)9;1-11(2,3)9-8-12-10-6-4-5-7-13(9)10;2*1-11(2,3)8-5-4-6-9-10(8)13-7-12-9;1-10(2,3)8-5-4-6-13-7-11-12-9(8)13;1-10(2,3)9-12-11-8-6-4-5-7-13(8)9;1-8(2,3)7-4-5-9-6-7;1-8(2,3)7-5-4-6-9-7;2*1-7(2,3)6-4-8-9-5-6/h4-7H,1-3H3,(H,12,13);4-8,10H,1-3H3;4-7H,1-3H3;4-6H,7H2,1-3H3;4-7H,1-3H3;4-8H,1-3H3;2*4-6H,1-3H3;4-5H,1-3H3,(H,8,9);4-5H,1-3H3/q;+1;;;;+1;;;;. The van der Waals surface area contributed by atoms with Crippen LogP contribution in [0, 0.1) is 10.8 Å². The van der Waals surface area contributed by atoms with Crippen LogP contribution in [0.2, 0.25) is 0 Å². The van der Waals surface area contributed by atoms with Crippen LogP contribution >= 0.6 is 34.0 Å². The molecule has 0 saturated heterocycles. The Balaban J connectivity index is 0.000000176. The Labute approximate surface area is 692 Å². The number of ether oxygens (including phenoxy) is 2. The molecule has 11 aromatic rings. The molecule has 16 rings (SSSR count). The molecule has 2 N–H and O–H groups in total. The van der Waals surface area contributed by atoms with Crippen molar-refractivity contribution in [3.05, 3.63) is 243 Å². The first-order valence-electron chi connectivity index (χ1n) is 39.3. The fourth-order valence-corrected chi connectivity index (χ4v) is 14.5. The van der Waals surface area contributed by atoms with E-state index in [1.165, 1.54) is 54.1 Å². The summed E-state index contributed by atoms with van der Waals surface area (Å²) in [6.07, 6.45) is 31.5. The summed E-state index contributed by atoms with van der Waals surface area (Å²) in [6.45, 7) is 66.1. The Bertz CT molecular complexity index is 4600. The van der Waals surface area contributed by atoms with Crippen LogP contribution in [0.3, 0.4) is 0 Å². The number of aromatic amines is 2. The first kappa shape index (κ1) is 91.8. The lowest BCUT2D eigenvalue weighted by Crippen LogP contribution is -2.30. The summed E-state index contributed by atoms with van der Waals surface area (Å²) < 4.78 is 23.0. The van der Waals surface area contributed by atoms with Gasteiger partial charge in [-0.2, -0.15) is 26.1 Å². The number of allylic oxidation sites excluding steroid dienone is 4. The van der Waals surface area contributed by atoms with Crippen LogP contribution in [0.1, 0.15) is 252 Å². The molecule has 0 spiro atoms. The molecule has 17 nitrogen and oxygen atoms in total. The van der Waals surface area contributed by atoms with Crippen molar-refractivity contribution >= 4 is 78.5 Å². The molecule has 3 aromatic carbocycles. The molecule has 5 aliphatic rings. The van der Waals surface area contributed by atoms with Gasteiger partial charge in [0.1, 0.15) is 12.6 Å². The largest absolute Gasteiger partial charge is 0.454 e. The molecule has 0 amide bonds. The fraction of sp³-hybridized carbons (Fsp3) is 0.457. The van der Waals surface area contributed by atoms with Gasteiger partial charge in [0.25, 0.3) is 12.3 Å². The van der Waals surface area contributed by atoms with Gasteiger partial charge in [-0.3, -0.25) is 14.6 Å². The fourth-order valence-electron chi connectivity index (χ4n) is 11.8. The smallest absolute Gasteiger partial charge is 0.333 e. The van der Waals surface area contributed by atoms with Gasteiger partial charge in [-0.05, 0) is 150 Å². The number of azo groups is 1. The normalized spacial score (nSPS) is 15.5. The summed E-state index contributed by atoms with van der Waals surface area (Å²) in [5, 5.41) is 41.4. The van der Waals surface area contributed by atoms with Crippen molar-refractivity contribution in [3.8, 4) is 11.5 Å². The molecule has 0 radical (unpaired) electrons. The third-order valence-corrected chi connectivity index (χ3v) is 21.4. The SMILES string of the molecule is CC(C)(C)C1=[N+]2C=CC=CC2N=C1.CC(C)(C)C1=[N+]2C=CC=CC2N=N1.CC(C)(C)c1cccc2c1OCO2.CC(C)(C)c1cccc2cn[nH]c12.CC(C)(C)c1cccc2ncsc12.CC(C)(C)c1cccn2cnnc12.CC(C)(C)c1cccs1.CC(C)(C)c1ccsc1.CC(C)(C)c1cn[nH]c1.CC(C)(C)c1cnoc1. The summed E-state index contributed by atoms with van der Waals surface area (Å²) in [4.78, 5) is 10.2. The zero-order valence-electron chi connectivity index (χ0n) is 73.8. The van der Waals surface area contributed by atoms with E-state index in [1.54, 1.807) is 41.5 Å². The minimum absolute atomic E-state index is 0.0633. The first-order chi connectivity index (χ1) is 53.0. The molecular formula is C94H130N14O3S3+2. The van der Waals surface area contributed by atoms with Crippen LogP contribution in [-0.4, -0.2) is 91.2 Å². The van der Waals surface area contributed by atoms with Crippen LogP contribution in [-0.2, 0) is 43.3 Å². The average molecular weight is 1600 g/mol. The molecule has 0 saturated carbocycles. The molecule has 0 fully saturated rings. The van der Waals surface area contributed by atoms with Gasteiger partial charge >= 0.3 is 5.84 Å². The van der Waals surface area contributed by atoms with Crippen molar-refractivity contribution < 1.29 is 23.1 Å². The number of aromatic nitrogens is 9.